The third kappa shape index (κ3) is 4.17. The zero-order chi connectivity index (χ0) is 22.2. The summed E-state index contributed by atoms with van der Waals surface area (Å²) in [6.45, 7) is 0.498. The summed E-state index contributed by atoms with van der Waals surface area (Å²) in [7, 11) is -2.13. The Morgan fingerprint density at radius 3 is 2.53 bits per heavy atom. The van der Waals surface area contributed by atoms with Gasteiger partial charge in [-0.3, -0.25) is 0 Å². The molecule has 1 aliphatic heterocycles. The number of hydrogen-bond acceptors (Lipinski definition) is 6. The molecule has 1 aromatic heterocycles. The van der Waals surface area contributed by atoms with Crippen LogP contribution in [0.4, 0.5) is 0 Å². The lowest BCUT2D eigenvalue weighted by molar-refractivity contribution is 0.289. The van der Waals surface area contributed by atoms with Crippen molar-refractivity contribution in [3.8, 4) is 5.75 Å². The van der Waals surface area contributed by atoms with E-state index in [0.29, 0.717) is 30.4 Å². The van der Waals surface area contributed by atoms with Crippen molar-refractivity contribution in [1.82, 2.24) is 14.4 Å². The van der Waals surface area contributed by atoms with Crippen molar-refractivity contribution in [2.75, 3.05) is 13.7 Å². The average molecular weight is 454 g/mol. The van der Waals surface area contributed by atoms with E-state index in [1.807, 2.05) is 18.2 Å². The van der Waals surface area contributed by atoms with Gasteiger partial charge in [-0.15, -0.1) is 0 Å². The van der Waals surface area contributed by atoms with Crippen molar-refractivity contribution in [3.63, 3.8) is 0 Å². The maximum absolute atomic E-state index is 13.5. The van der Waals surface area contributed by atoms with Gasteiger partial charge in [0.1, 0.15) is 11.8 Å². The van der Waals surface area contributed by atoms with Crippen LogP contribution < -0.4 is 4.74 Å². The fourth-order valence-electron chi connectivity index (χ4n) is 4.50. The van der Waals surface area contributed by atoms with E-state index < -0.39 is 16.1 Å². The highest BCUT2D eigenvalue weighted by molar-refractivity contribution is 7.89. The fourth-order valence-corrected chi connectivity index (χ4v) is 6.20. The molecule has 0 unspecified atom stereocenters. The minimum Gasteiger partial charge on any atom is -0.497 e. The van der Waals surface area contributed by atoms with Crippen molar-refractivity contribution in [2.24, 2.45) is 5.41 Å². The first kappa shape index (κ1) is 21.2. The molecule has 2 fully saturated rings. The van der Waals surface area contributed by atoms with Crippen LogP contribution in [0.5, 0.6) is 5.75 Å². The number of aryl methyl sites for hydroxylation is 2. The zero-order valence-corrected chi connectivity index (χ0v) is 18.9. The van der Waals surface area contributed by atoms with Gasteiger partial charge in [-0.1, -0.05) is 35.5 Å². The number of nitrogens with zero attached hydrogens (tertiary/aromatic N) is 3. The number of methoxy groups -OCH3 is 1. The normalized spacial score (nSPS) is 20.0. The molecule has 0 amide bonds. The lowest BCUT2D eigenvalue weighted by Crippen LogP contribution is -2.31. The second kappa shape index (κ2) is 8.33. The first-order valence-electron chi connectivity index (χ1n) is 11.0. The van der Waals surface area contributed by atoms with E-state index >= 15 is 0 Å². The molecule has 0 radical (unpaired) electrons. The Hall–Kier alpha value is -2.71. The highest BCUT2D eigenvalue weighted by Crippen LogP contribution is 2.59. The van der Waals surface area contributed by atoms with Gasteiger partial charge in [-0.2, -0.15) is 9.29 Å². The Balaban J connectivity index is 1.32. The summed E-state index contributed by atoms with van der Waals surface area (Å²) in [5, 5.41) is 4.15. The Morgan fingerprint density at radius 2 is 1.84 bits per heavy atom. The summed E-state index contributed by atoms with van der Waals surface area (Å²) in [4.78, 5) is 4.85. The summed E-state index contributed by atoms with van der Waals surface area (Å²) < 4.78 is 39.2. The highest BCUT2D eigenvalue weighted by atomic mass is 32.2. The van der Waals surface area contributed by atoms with Gasteiger partial charge in [0.25, 0.3) is 0 Å². The van der Waals surface area contributed by atoms with E-state index in [4.69, 9.17) is 9.26 Å². The van der Waals surface area contributed by atoms with Crippen LogP contribution in [0, 0.1) is 5.41 Å². The minimum absolute atomic E-state index is 0.0478. The third-order valence-corrected chi connectivity index (χ3v) is 8.43. The molecule has 0 bridgehead atoms. The molecule has 1 aliphatic carbocycles. The molecule has 7 nitrogen and oxygen atoms in total. The van der Waals surface area contributed by atoms with Gasteiger partial charge in [0.2, 0.25) is 15.9 Å². The molecule has 5 rings (SSSR count). The van der Waals surface area contributed by atoms with Crippen LogP contribution in [0.2, 0.25) is 0 Å². The van der Waals surface area contributed by atoms with Gasteiger partial charge >= 0.3 is 0 Å². The summed E-state index contributed by atoms with van der Waals surface area (Å²) in [5.41, 5.74) is 1.33. The molecular formula is C24H27N3O4S. The van der Waals surface area contributed by atoms with E-state index in [1.54, 1.807) is 35.7 Å². The Morgan fingerprint density at radius 1 is 1.09 bits per heavy atom. The van der Waals surface area contributed by atoms with Gasteiger partial charge in [-0.05, 0) is 67.3 Å². The van der Waals surface area contributed by atoms with Crippen LogP contribution in [-0.2, 0) is 22.9 Å². The summed E-state index contributed by atoms with van der Waals surface area (Å²) in [6.07, 6.45) is 5.35. The second-order valence-corrected chi connectivity index (χ2v) is 10.7. The van der Waals surface area contributed by atoms with Crippen LogP contribution >= 0.6 is 0 Å². The van der Waals surface area contributed by atoms with E-state index in [0.717, 1.165) is 32.1 Å². The first-order valence-corrected chi connectivity index (χ1v) is 12.5. The van der Waals surface area contributed by atoms with Gasteiger partial charge in [-0.25, -0.2) is 8.42 Å². The highest BCUT2D eigenvalue weighted by Gasteiger charge is 2.57. The molecule has 1 spiro atoms. The van der Waals surface area contributed by atoms with Gasteiger partial charge in [0.15, 0.2) is 5.82 Å². The fraction of sp³-hybridized carbons (Fsp3) is 0.417. The van der Waals surface area contributed by atoms with E-state index in [2.05, 4.69) is 22.3 Å². The zero-order valence-electron chi connectivity index (χ0n) is 18.1. The summed E-state index contributed by atoms with van der Waals surface area (Å²) in [6, 6.07) is 16.4. The van der Waals surface area contributed by atoms with Crippen molar-refractivity contribution < 1.29 is 17.7 Å². The van der Waals surface area contributed by atoms with Gasteiger partial charge in [0, 0.05) is 13.0 Å². The average Bonchev–Trinajstić information content (AvgIpc) is 3.22. The number of aromatic nitrogens is 2. The van der Waals surface area contributed by atoms with E-state index in [1.165, 1.54) is 5.56 Å². The predicted octanol–water partition coefficient (Wildman–Crippen LogP) is 4.17. The van der Waals surface area contributed by atoms with Crippen LogP contribution in [0.3, 0.4) is 0 Å². The number of hydrogen-bond donors (Lipinski definition) is 0. The molecule has 0 N–H and O–H groups in total. The molecule has 1 saturated carbocycles. The topological polar surface area (TPSA) is 85.5 Å². The van der Waals surface area contributed by atoms with Gasteiger partial charge in [0.05, 0.1) is 12.0 Å². The molecule has 1 saturated heterocycles. The number of rotatable bonds is 8. The number of benzene rings is 2. The van der Waals surface area contributed by atoms with Crippen LogP contribution in [0.25, 0.3) is 0 Å². The minimum atomic E-state index is -3.69. The van der Waals surface area contributed by atoms with E-state index in [-0.39, 0.29) is 10.3 Å². The molecular weight excluding hydrogens is 426 g/mol. The predicted molar refractivity (Wildman–Crippen MR) is 119 cm³/mol. The first-order chi connectivity index (χ1) is 15.5. The molecule has 168 valence electrons. The van der Waals surface area contributed by atoms with Crippen molar-refractivity contribution in [3.05, 3.63) is 71.9 Å². The Labute approximate surface area is 188 Å². The summed E-state index contributed by atoms with van der Waals surface area (Å²) in [5.74, 6) is 1.66. The molecule has 2 aromatic carbocycles. The number of ether oxygens (including phenoxy) is 1. The largest absolute Gasteiger partial charge is 0.497 e. The van der Waals surface area contributed by atoms with Gasteiger partial charge < -0.3 is 9.26 Å². The molecule has 3 aromatic rings. The van der Waals surface area contributed by atoms with Crippen molar-refractivity contribution in [1.29, 1.82) is 0 Å². The quantitative estimate of drug-likeness (QED) is 0.509. The molecule has 2 heterocycles. The lowest BCUT2D eigenvalue weighted by atomic mass is 10.0. The van der Waals surface area contributed by atoms with Crippen LogP contribution in [0.15, 0.2) is 64.0 Å². The van der Waals surface area contributed by atoms with Crippen molar-refractivity contribution >= 4 is 10.0 Å². The Kier molecular flexibility index (Phi) is 5.51. The van der Waals surface area contributed by atoms with E-state index in [9.17, 15) is 8.42 Å². The smallest absolute Gasteiger partial charge is 0.245 e. The maximum Gasteiger partial charge on any atom is 0.245 e. The Bertz CT molecular complexity index is 1170. The molecule has 2 aliphatic rings. The summed E-state index contributed by atoms with van der Waals surface area (Å²) >= 11 is 0. The molecule has 8 heteroatoms. The van der Waals surface area contributed by atoms with Crippen LogP contribution in [0.1, 0.15) is 49.0 Å². The maximum atomic E-state index is 13.5. The molecule has 32 heavy (non-hydrogen) atoms. The van der Waals surface area contributed by atoms with Crippen molar-refractivity contribution in [2.45, 2.75) is 49.5 Å². The molecule has 1 atom stereocenters. The lowest BCUT2D eigenvalue weighted by Gasteiger charge is -2.21. The van der Waals surface area contributed by atoms with Crippen LogP contribution in [-0.4, -0.2) is 36.5 Å². The number of sulfonamides is 1. The standard InChI is InChI=1S/C24H27N3O4S/c1-30-19-10-12-20(13-11-19)32(28,29)27-17-24(14-15-24)16-21(27)23-25-22(26-31-23)9-5-8-18-6-3-2-4-7-18/h2-4,6-7,10-13,21H,5,8-9,14-17H2,1H3/t21-/m0/s1. The second-order valence-electron chi connectivity index (χ2n) is 8.83. The SMILES string of the molecule is COc1ccc(S(=O)(=O)N2CC3(CC3)C[C@H]2c2nc(CCCc3ccccc3)no2)cc1. The third-order valence-electron chi connectivity index (χ3n) is 6.57. The monoisotopic (exact) mass is 453 g/mol.